The van der Waals surface area contributed by atoms with Crippen molar-refractivity contribution in [1.29, 1.82) is 0 Å². The largest absolute Gasteiger partial charge is 0.348 e. The highest BCUT2D eigenvalue weighted by molar-refractivity contribution is 14.1. The molecule has 146 valence electrons. The Hall–Kier alpha value is -0.860. The lowest BCUT2D eigenvalue weighted by Crippen LogP contribution is -2.39. The van der Waals surface area contributed by atoms with Gasteiger partial charge in [0.1, 0.15) is 5.82 Å². The summed E-state index contributed by atoms with van der Waals surface area (Å²) in [4.78, 5) is 18.4. The van der Waals surface area contributed by atoms with Crippen LogP contribution in [-0.2, 0) is 0 Å². The minimum absolute atomic E-state index is 0.1000. The van der Waals surface area contributed by atoms with Gasteiger partial charge in [-0.15, -0.1) is 0 Å². The van der Waals surface area contributed by atoms with Crippen LogP contribution in [0.5, 0.6) is 0 Å². The molecule has 0 bridgehead atoms. The van der Waals surface area contributed by atoms with Crippen molar-refractivity contribution < 1.29 is 4.79 Å². The van der Waals surface area contributed by atoms with E-state index >= 15 is 0 Å². The summed E-state index contributed by atoms with van der Waals surface area (Å²) < 4.78 is 1.86. The predicted octanol–water partition coefficient (Wildman–Crippen LogP) is 6.00. The second-order valence-electron chi connectivity index (χ2n) is 7.35. The molecular formula is C21H27BrIN3O. The normalized spacial score (nSPS) is 17.0. The van der Waals surface area contributed by atoms with Crippen molar-refractivity contribution in [2.24, 2.45) is 0 Å². The van der Waals surface area contributed by atoms with Crippen LogP contribution in [0.2, 0.25) is 0 Å². The molecule has 1 aromatic heterocycles. The van der Waals surface area contributed by atoms with Crippen LogP contribution in [0.25, 0.3) is 0 Å². The second-order valence-corrected chi connectivity index (χ2v) is 9.31. The number of anilines is 1. The highest BCUT2D eigenvalue weighted by atomic mass is 127. The maximum absolute atomic E-state index is 12.6. The van der Waals surface area contributed by atoms with Crippen molar-refractivity contribution in [2.75, 3.05) is 18.4 Å². The first kappa shape index (κ1) is 20.9. The van der Waals surface area contributed by atoms with E-state index in [1.807, 2.05) is 18.2 Å². The molecule has 2 aromatic rings. The summed E-state index contributed by atoms with van der Waals surface area (Å²) in [6.07, 6.45) is 6.94. The van der Waals surface area contributed by atoms with E-state index < -0.39 is 0 Å². The molecule has 0 aliphatic carbocycles. The molecule has 1 saturated heterocycles. The number of piperidine rings is 1. The van der Waals surface area contributed by atoms with Crippen molar-refractivity contribution >= 4 is 50.2 Å². The summed E-state index contributed by atoms with van der Waals surface area (Å²) in [5, 5.41) is 2.99. The number of nitrogens with one attached hydrogen (secondary N) is 2. The number of aromatic amines is 1. The summed E-state index contributed by atoms with van der Waals surface area (Å²) >= 11 is 5.73. The number of H-pyrrole nitrogens is 1. The maximum Gasteiger partial charge on any atom is 0.257 e. The fourth-order valence-corrected chi connectivity index (χ4v) is 4.80. The zero-order valence-corrected chi connectivity index (χ0v) is 19.6. The highest BCUT2D eigenvalue weighted by Crippen LogP contribution is 2.31. The molecule has 1 aliphatic heterocycles. The predicted molar refractivity (Wildman–Crippen MR) is 124 cm³/mol. The van der Waals surface area contributed by atoms with Gasteiger partial charge >= 0.3 is 0 Å². The van der Waals surface area contributed by atoms with Gasteiger partial charge in [-0.1, -0.05) is 19.4 Å². The number of carbonyl (C=O) groups excluding carboxylic acids is 1. The third-order valence-corrected chi connectivity index (χ3v) is 7.98. The molecule has 1 atom stereocenters. The van der Waals surface area contributed by atoms with E-state index in [0.29, 0.717) is 17.5 Å². The first-order valence-corrected chi connectivity index (χ1v) is 11.5. The van der Waals surface area contributed by atoms with E-state index in [1.165, 1.54) is 31.2 Å². The number of aromatic nitrogens is 1. The third-order valence-electron chi connectivity index (χ3n) is 5.48. The Balaban J connectivity index is 1.59. The van der Waals surface area contributed by atoms with Crippen LogP contribution < -0.4 is 5.32 Å². The van der Waals surface area contributed by atoms with E-state index in [2.05, 4.69) is 79.8 Å². The van der Waals surface area contributed by atoms with Crippen LogP contribution >= 0.6 is 38.5 Å². The van der Waals surface area contributed by atoms with Crippen LogP contribution in [0, 0.1) is 3.57 Å². The lowest BCUT2D eigenvalue weighted by Gasteiger charge is -2.35. The molecule has 1 amide bonds. The Bertz CT molecular complexity index is 783. The number of rotatable bonds is 6. The van der Waals surface area contributed by atoms with Crippen molar-refractivity contribution in [1.82, 2.24) is 9.88 Å². The smallest absolute Gasteiger partial charge is 0.257 e. The topological polar surface area (TPSA) is 48.1 Å². The molecule has 0 saturated carbocycles. The molecule has 1 fully saturated rings. The number of benzene rings is 1. The zero-order valence-electron chi connectivity index (χ0n) is 15.9. The Morgan fingerprint density at radius 1 is 1.41 bits per heavy atom. The van der Waals surface area contributed by atoms with Crippen molar-refractivity contribution in [3.63, 3.8) is 0 Å². The molecule has 4 nitrogen and oxygen atoms in total. The molecule has 27 heavy (non-hydrogen) atoms. The molecule has 0 radical (unpaired) electrons. The van der Waals surface area contributed by atoms with Gasteiger partial charge in [-0.3, -0.25) is 4.79 Å². The van der Waals surface area contributed by atoms with Crippen molar-refractivity contribution in [3.8, 4) is 0 Å². The number of halogens is 2. The Morgan fingerprint density at radius 2 is 2.15 bits per heavy atom. The van der Waals surface area contributed by atoms with Gasteiger partial charge in [-0.2, -0.15) is 0 Å². The molecule has 1 unspecified atom stereocenters. The summed E-state index contributed by atoms with van der Waals surface area (Å²) in [7, 11) is 0. The third kappa shape index (κ3) is 5.15. The van der Waals surface area contributed by atoms with Gasteiger partial charge < -0.3 is 15.2 Å². The van der Waals surface area contributed by atoms with Crippen LogP contribution in [0.1, 0.15) is 61.4 Å². The number of hydrogen-bond donors (Lipinski definition) is 2. The van der Waals surface area contributed by atoms with Gasteiger partial charge in [0.25, 0.3) is 5.91 Å². The first-order valence-electron chi connectivity index (χ1n) is 9.67. The van der Waals surface area contributed by atoms with Gasteiger partial charge in [0.15, 0.2) is 0 Å². The zero-order chi connectivity index (χ0) is 19.4. The van der Waals surface area contributed by atoms with Crippen LogP contribution in [0.15, 0.2) is 34.9 Å². The van der Waals surface area contributed by atoms with E-state index in [4.69, 9.17) is 0 Å². The van der Waals surface area contributed by atoms with E-state index in [0.717, 1.165) is 27.0 Å². The summed E-state index contributed by atoms with van der Waals surface area (Å²) in [6, 6.07) is 8.48. The monoisotopic (exact) mass is 543 g/mol. The summed E-state index contributed by atoms with van der Waals surface area (Å²) in [6.45, 7) is 6.92. The number of nitrogens with zero attached hydrogens (tertiary/aromatic N) is 1. The minimum Gasteiger partial charge on any atom is -0.348 e. The standard InChI is InChI=1S/C21H27BrIN3O/c1-3-5-14(2)26-10-8-15(9-11-26)16-12-19(24-13-16)25-21(27)17-6-4-7-18(23)20(17)22/h4,6-7,12-15,24H,3,5,8-11H2,1-2H3,(H,25,27). The first-order chi connectivity index (χ1) is 13.0. The van der Waals surface area contributed by atoms with Crippen LogP contribution in [-0.4, -0.2) is 34.9 Å². The lowest BCUT2D eigenvalue weighted by molar-refractivity contribution is 0.102. The van der Waals surface area contributed by atoms with E-state index in [-0.39, 0.29) is 5.91 Å². The van der Waals surface area contributed by atoms with E-state index in [1.54, 1.807) is 0 Å². The average molecular weight is 544 g/mol. The second kappa shape index (κ2) is 9.56. The van der Waals surface area contributed by atoms with E-state index in [9.17, 15) is 4.79 Å². The van der Waals surface area contributed by atoms with Crippen molar-refractivity contribution in [2.45, 2.75) is 51.5 Å². The Kier molecular flexibility index (Phi) is 7.39. The molecule has 1 aliphatic rings. The SMILES string of the molecule is CCCC(C)N1CCC(c2c[nH]c(NC(=O)c3cccc(I)c3Br)c2)CC1. The number of hydrogen-bond acceptors (Lipinski definition) is 2. The van der Waals surface area contributed by atoms with Gasteiger partial charge in [-0.25, -0.2) is 0 Å². The Morgan fingerprint density at radius 3 is 2.85 bits per heavy atom. The molecule has 2 N–H and O–H groups in total. The van der Waals surface area contributed by atoms with Crippen molar-refractivity contribution in [3.05, 3.63) is 49.6 Å². The molecule has 6 heteroatoms. The van der Waals surface area contributed by atoms with Crippen LogP contribution in [0.3, 0.4) is 0 Å². The number of amides is 1. The maximum atomic E-state index is 12.6. The quantitative estimate of drug-likeness (QED) is 0.439. The molecule has 2 heterocycles. The molecule has 0 spiro atoms. The number of carbonyl (C=O) groups is 1. The van der Waals surface area contributed by atoms with Gasteiger partial charge in [-0.05, 0) is 107 Å². The average Bonchev–Trinajstić information content (AvgIpc) is 3.12. The molecule has 1 aromatic carbocycles. The van der Waals surface area contributed by atoms with Crippen LogP contribution in [0.4, 0.5) is 5.82 Å². The fourth-order valence-electron chi connectivity index (χ4n) is 3.86. The van der Waals surface area contributed by atoms with Gasteiger partial charge in [0, 0.05) is 20.3 Å². The number of likely N-dealkylation sites (tertiary alicyclic amines) is 1. The lowest BCUT2D eigenvalue weighted by atomic mass is 9.90. The highest BCUT2D eigenvalue weighted by Gasteiger charge is 2.24. The van der Waals surface area contributed by atoms with Gasteiger partial charge in [0.2, 0.25) is 0 Å². The molecule has 3 rings (SSSR count). The minimum atomic E-state index is -0.1000. The summed E-state index contributed by atoms with van der Waals surface area (Å²) in [5.41, 5.74) is 1.95. The Labute approximate surface area is 183 Å². The fraction of sp³-hybridized carbons (Fsp3) is 0.476. The summed E-state index contributed by atoms with van der Waals surface area (Å²) in [5.74, 6) is 1.24. The molecular weight excluding hydrogens is 517 g/mol. The van der Waals surface area contributed by atoms with Gasteiger partial charge in [0.05, 0.1) is 5.56 Å².